The van der Waals surface area contributed by atoms with Crippen LogP contribution in [-0.4, -0.2) is 6.54 Å². The summed E-state index contributed by atoms with van der Waals surface area (Å²) >= 11 is 0. The van der Waals surface area contributed by atoms with Crippen molar-refractivity contribution >= 4 is 5.69 Å². The van der Waals surface area contributed by atoms with Gasteiger partial charge in [0.05, 0.1) is 0 Å². The highest BCUT2D eigenvalue weighted by Crippen LogP contribution is 2.25. The van der Waals surface area contributed by atoms with Crippen molar-refractivity contribution in [2.75, 3.05) is 11.9 Å². The SMILES string of the molecule is Cc1cc(F)cc(NCC(c2ccccc2)C(C)C)c1. The van der Waals surface area contributed by atoms with Gasteiger partial charge in [-0.3, -0.25) is 0 Å². The summed E-state index contributed by atoms with van der Waals surface area (Å²) in [6.45, 7) is 7.16. The highest BCUT2D eigenvalue weighted by molar-refractivity contribution is 5.46. The molecule has 0 radical (unpaired) electrons. The van der Waals surface area contributed by atoms with E-state index in [4.69, 9.17) is 0 Å². The van der Waals surface area contributed by atoms with Crippen molar-refractivity contribution in [2.45, 2.75) is 26.7 Å². The van der Waals surface area contributed by atoms with Gasteiger partial charge in [-0.05, 0) is 42.2 Å². The Morgan fingerprint density at radius 3 is 2.35 bits per heavy atom. The molecule has 1 nitrogen and oxygen atoms in total. The van der Waals surface area contributed by atoms with Crippen molar-refractivity contribution in [1.29, 1.82) is 0 Å². The zero-order chi connectivity index (χ0) is 14.5. The van der Waals surface area contributed by atoms with Crippen LogP contribution in [0.15, 0.2) is 48.5 Å². The molecular weight excluding hydrogens is 249 g/mol. The van der Waals surface area contributed by atoms with E-state index in [9.17, 15) is 4.39 Å². The van der Waals surface area contributed by atoms with Gasteiger partial charge in [-0.25, -0.2) is 4.39 Å². The molecule has 0 aliphatic carbocycles. The zero-order valence-corrected chi connectivity index (χ0v) is 12.4. The summed E-state index contributed by atoms with van der Waals surface area (Å²) < 4.78 is 13.4. The van der Waals surface area contributed by atoms with E-state index in [0.717, 1.165) is 17.8 Å². The van der Waals surface area contributed by atoms with Crippen molar-refractivity contribution in [3.05, 3.63) is 65.5 Å². The Kier molecular flexibility index (Phi) is 4.78. The van der Waals surface area contributed by atoms with Crippen molar-refractivity contribution < 1.29 is 4.39 Å². The molecule has 0 fully saturated rings. The number of halogens is 1. The Morgan fingerprint density at radius 1 is 1.05 bits per heavy atom. The van der Waals surface area contributed by atoms with Gasteiger partial charge in [0, 0.05) is 18.2 Å². The van der Waals surface area contributed by atoms with E-state index in [1.54, 1.807) is 12.1 Å². The standard InChI is InChI=1S/C18H22FN/c1-13(2)18(15-7-5-4-6-8-15)12-20-17-10-14(3)9-16(19)11-17/h4-11,13,18,20H,12H2,1-3H3. The number of aryl methyl sites for hydroxylation is 1. The maximum absolute atomic E-state index is 13.4. The number of hydrogen-bond donors (Lipinski definition) is 1. The number of hydrogen-bond acceptors (Lipinski definition) is 1. The lowest BCUT2D eigenvalue weighted by Crippen LogP contribution is -2.17. The Hall–Kier alpha value is -1.83. The monoisotopic (exact) mass is 271 g/mol. The van der Waals surface area contributed by atoms with Gasteiger partial charge in [-0.15, -0.1) is 0 Å². The molecule has 20 heavy (non-hydrogen) atoms. The van der Waals surface area contributed by atoms with Gasteiger partial charge in [0.15, 0.2) is 0 Å². The highest BCUT2D eigenvalue weighted by atomic mass is 19.1. The summed E-state index contributed by atoms with van der Waals surface area (Å²) in [6, 6.07) is 15.5. The Morgan fingerprint density at radius 2 is 1.75 bits per heavy atom. The maximum atomic E-state index is 13.4. The van der Waals surface area contributed by atoms with E-state index in [1.807, 2.05) is 19.1 Å². The average molecular weight is 271 g/mol. The lowest BCUT2D eigenvalue weighted by atomic mass is 9.88. The normalized spacial score (nSPS) is 12.4. The van der Waals surface area contributed by atoms with Gasteiger partial charge in [0.2, 0.25) is 0 Å². The van der Waals surface area contributed by atoms with Crippen molar-refractivity contribution in [3.8, 4) is 0 Å². The average Bonchev–Trinajstić information content (AvgIpc) is 2.38. The highest BCUT2D eigenvalue weighted by Gasteiger charge is 2.15. The van der Waals surface area contributed by atoms with Gasteiger partial charge >= 0.3 is 0 Å². The molecule has 0 aromatic heterocycles. The second kappa shape index (κ2) is 6.56. The first-order valence-electron chi connectivity index (χ1n) is 7.12. The molecule has 0 amide bonds. The minimum atomic E-state index is -0.187. The van der Waals surface area contributed by atoms with Gasteiger partial charge in [0.1, 0.15) is 5.82 Å². The first-order chi connectivity index (χ1) is 9.56. The first-order valence-corrected chi connectivity index (χ1v) is 7.12. The molecule has 2 heteroatoms. The lowest BCUT2D eigenvalue weighted by molar-refractivity contribution is 0.517. The second-order valence-corrected chi connectivity index (χ2v) is 5.66. The van der Waals surface area contributed by atoms with E-state index in [0.29, 0.717) is 11.8 Å². The van der Waals surface area contributed by atoms with E-state index >= 15 is 0 Å². The van der Waals surface area contributed by atoms with Crippen LogP contribution >= 0.6 is 0 Å². The third-order valence-corrected chi connectivity index (χ3v) is 3.60. The van der Waals surface area contributed by atoms with Crippen LogP contribution in [-0.2, 0) is 0 Å². The van der Waals surface area contributed by atoms with Crippen LogP contribution in [0.5, 0.6) is 0 Å². The number of rotatable bonds is 5. The summed E-state index contributed by atoms with van der Waals surface area (Å²) in [5, 5.41) is 3.37. The smallest absolute Gasteiger partial charge is 0.125 e. The second-order valence-electron chi connectivity index (χ2n) is 5.66. The molecule has 0 aliphatic heterocycles. The Bertz CT molecular complexity index is 528. The molecule has 0 heterocycles. The number of benzene rings is 2. The van der Waals surface area contributed by atoms with Crippen LogP contribution in [0.3, 0.4) is 0 Å². The largest absolute Gasteiger partial charge is 0.384 e. The molecule has 0 aliphatic rings. The molecule has 0 saturated carbocycles. The van der Waals surface area contributed by atoms with Crippen LogP contribution in [0, 0.1) is 18.7 Å². The first kappa shape index (κ1) is 14.6. The van der Waals surface area contributed by atoms with E-state index in [1.165, 1.54) is 5.56 Å². The molecule has 2 aromatic rings. The van der Waals surface area contributed by atoms with E-state index in [-0.39, 0.29) is 5.82 Å². The van der Waals surface area contributed by atoms with E-state index in [2.05, 4.69) is 43.4 Å². The summed E-state index contributed by atoms with van der Waals surface area (Å²) in [7, 11) is 0. The van der Waals surface area contributed by atoms with Gasteiger partial charge in [0.25, 0.3) is 0 Å². The Labute approximate surface area is 120 Å². The molecule has 1 N–H and O–H groups in total. The molecular formula is C18H22FN. The number of nitrogens with one attached hydrogen (secondary N) is 1. The van der Waals surface area contributed by atoms with Crippen molar-refractivity contribution in [2.24, 2.45) is 5.92 Å². The van der Waals surface area contributed by atoms with E-state index < -0.39 is 0 Å². The quantitative estimate of drug-likeness (QED) is 0.808. The van der Waals surface area contributed by atoms with Gasteiger partial charge in [-0.2, -0.15) is 0 Å². The third kappa shape index (κ3) is 3.83. The van der Waals surface area contributed by atoms with Crippen molar-refractivity contribution in [1.82, 2.24) is 0 Å². The molecule has 1 atom stereocenters. The van der Waals surface area contributed by atoms with Crippen LogP contribution in [0.25, 0.3) is 0 Å². The molecule has 0 bridgehead atoms. The summed E-state index contributed by atoms with van der Waals surface area (Å²) in [4.78, 5) is 0. The van der Waals surface area contributed by atoms with Crippen LogP contribution < -0.4 is 5.32 Å². The summed E-state index contributed by atoms with van der Waals surface area (Å²) in [6.07, 6.45) is 0. The topological polar surface area (TPSA) is 12.0 Å². The zero-order valence-electron chi connectivity index (χ0n) is 12.4. The minimum Gasteiger partial charge on any atom is -0.384 e. The fourth-order valence-electron chi connectivity index (χ4n) is 2.50. The van der Waals surface area contributed by atoms with Crippen LogP contribution in [0.1, 0.15) is 30.9 Å². The molecule has 1 unspecified atom stereocenters. The van der Waals surface area contributed by atoms with Crippen molar-refractivity contribution in [3.63, 3.8) is 0 Å². The van der Waals surface area contributed by atoms with Crippen LogP contribution in [0.2, 0.25) is 0 Å². The summed E-state index contributed by atoms with van der Waals surface area (Å²) in [5.41, 5.74) is 3.11. The maximum Gasteiger partial charge on any atom is 0.125 e. The molecule has 0 saturated heterocycles. The summed E-state index contributed by atoms with van der Waals surface area (Å²) in [5.74, 6) is 0.757. The fourth-order valence-corrected chi connectivity index (χ4v) is 2.50. The molecule has 106 valence electrons. The predicted molar refractivity (Wildman–Crippen MR) is 83.6 cm³/mol. The van der Waals surface area contributed by atoms with Gasteiger partial charge in [-0.1, -0.05) is 44.2 Å². The lowest BCUT2D eigenvalue weighted by Gasteiger charge is -2.22. The molecule has 2 aromatic carbocycles. The van der Waals surface area contributed by atoms with Gasteiger partial charge < -0.3 is 5.32 Å². The fraction of sp³-hybridized carbons (Fsp3) is 0.333. The molecule has 0 spiro atoms. The molecule has 2 rings (SSSR count). The van der Waals surface area contributed by atoms with Crippen LogP contribution in [0.4, 0.5) is 10.1 Å². The third-order valence-electron chi connectivity index (χ3n) is 3.60. The number of anilines is 1. The predicted octanol–water partition coefficient (Wildman–Crippen LogP) is 4.99. The minimum absolute atomic E-state index is 0.187. The Balaban J connectivity index is 2.10.